The third-order valence-electron chi connectivity index (χ3n) is 4.46. The van der Waals surface area contributed by atoms with Gasteiger partial charge in [-0.15, -0.1) is 0 Å². The Bertz CT molecular complexity index is 445. The Kier molecular flexibility index (Phi) is 6.07. The molecule has 1 unspecified atom stereocenters. The van der Waals surface area contributed by atoms with Crippen LogP contribution in [0.25, 0.3) is 0 Å². The van der Waals surface area contributed by atoms with Gasteiger partial charge in [0.25, 0.3) is 0 Å². The summed E-state index contributed by atoms with van der Waals surface area (Å²) in [6.07, 6.45) is 3.47. The van der Waals surface area contributed by atoms with E-state index in [1.54, 1.807) is 0 Å². The summed E-state index contributed by atoms with van der Waals surface area (Å²) in [6, 6.07) is 7.56. The molecule has 1 aliphatic rings. The van der Waals surface area contributed by atoms with Crippen molar-refractivity contribution in [1.29, 1.82) is 0 Å². The van der Waals surface area contributed by atoms with Crippen molar-refractivity contribution in [2.45, 2.75) is 52.1 Å². The lowest BCUT2D eigenvalue weighted by molar-refractivity contribution is 0.267. The number of nitrogens with one attached hydrogen (secondary N) is 1. The highest BCUT2D eigenvalue weighted by molar-refractivity contribution is 5.43. The van der Waals surface area contributed by atoms with Crippen molar-refractivity contribution in [3.63, 3.8) is 0 Å². The summed E-state index contributed by atoms with van der Waals surface area (Å²) < 4.78 is 5.94. The molecule has 1 aromatic carbocycles. The summed E-state index contributed by atoms with van der Waals surface area (Å²) in [6.45, 7) is 9.68. The maximum atomic E-state index is 5.94. The lowest BCUT2D eigenvalue weighted by Gasteiger charge is -2.23. The van der Waals surface area contributed by atoms with E-state index < -0.39 is 0 Å². The number of nitrogens with zero attached hydrogens (tertiary/aromatic N) is 1. The molecule has 0 saturated heterocycles. The van der Waals surface area contributed by atoms with E-state index >= 15 is 0 Å². The monoisotopic (exact) mass is 290 g/mol. The van der Waals surface area contributed by atoms with Crippen LogP contribution >= 0.6 is 0 Å². The first-order chi connectivity index (χ1) is 10.1. The zero-order valence-corrected chi connectivity index (χ0v) is 14.0. The molecule has 21 heavy (non-hydrogen) atoms. The highest BCUT2D eigenvalue weighted by Crippen LogP contribution is 2.33. The average Bonchev–Trinajstić information content (AvgIpc) is 2.67. The summed E-state index contributed by atoms with van der Waals surface area (Å²) in [5, 5.41) is 3.73. The van der Waals surface area contributed by atoms with Crippen molar-refractivity contribution in [3.05, 3.63) is 29.3 Å². The van der Waals surface area contributed by atoms with Crippen LogP contribution < -0.4 is 10.1 Å². The van der Waals surface area contributed by atoms with Crippen molar-refractivity contribution in [1.82, 2.24) is 10.2 Å². The van der Waals surface area contributed by atoms with Crippen LogP contribution in [0.15, 0.2) is 18.2 Å². The molecular weight excluding hydrogens is 260 g/mol. The van der Waals surface area contributed by atoms with Gasteiger partial charge in [0.05, 0.1) is 6.61 Å². The Morgan fingerprint density at radius 1 is 1.38 bits per heavy atom. The zero-order chi connectivity index (χ0) is 15.2. The summed E-state index contributed by atoms with van der Waals surface area (Å²) in [5.41, 5.74) is 2.59. The molecule has 1 atom stereocenters. The third kappa shape index (κ3) is 4.45. The standard InChI is InChI=1S/C18H30N2O/c1-14(2)20(4)12-7-11-19-17-10-6-13-21-18-15(3)8-5-9-16(17)18/h5,8-9,14,17,19H,6-7,10-13H2,1-4H3. The number of para-hydroxylation sites is 1. The van der Waals surface area contributed by atoms with E-state index in [2.05, 4.69) is 56.2 Å². The molecule has 1 aromatic rings. The van der Waals surface area contributed by atoms with Crippen molar-refractivity contribution >= 4 is 0 Å². The van der Waals surface area contributed by atoms with Gasteiger partial charge < -0.3 is 15.0 Å². The molecule has 0 saturated carbocycles. The Labute approximate surface area is 129 Å². The highest BCUT2D eigenvalue weighted by atomic mass is 16.5. The fourth-order valence-electron chi connectivity index (χ4n) is 2.84. The van der Waals surface area contributed by atoms with E-state index in [0.29, 0.717) is 12.1 Å². The van der Waals surface area contributed by atoms with E-state index in [-0.39, 0.29) is 0 Å². The second kappa shape index (κ2) is 7.81. The molecule has 3 nitrogen and oxygen atoms in total. The minimum absolute atomic E-state index is 0.437. The van der Waals surface area contributed by atoms with Crippen molar-refractivity contribution in [2.75, 3.05) is 26.7 Å². The van der Waals surface area contributed by atoms with Gasteiger partial charge in [-0.2, -0.15) is 0 Å². The molecule has 118 valence electrons. The Morgan fingerprint density at radius 3 is 2.95 bits per heavy atom. The lowest BCUT2D eigenvalue weighted by atomic mass is 10.00. The molecule has 3 heteroatoms. The molecule has 0 amide bonds. The minimum atomic E-state index is 0.437. The van der Waals surface area contributed by atoms with E-state index in [0.717, 1.165) is 38.3 Å². The molecule has 1 heterocycles. The molecule has 0 fully saturated rings. The number of aryl methyl sites for hydroxylation is 1. The molecule has 1 aliphatic heterocycles. The first-order valence-corrected chi connectivity index (χ1v) is 8.25. The van der Waals surface area contributed by atoms with E-state index in [1.165, 1.54) is 17.5 Å². The van der Waals surface area contributed by atoms with Crippen LogP contribution in [0.2, 0.25) is 0 Å². The van der Waals surface area contributed by atoms with Crippen molar-refractivity contribution in [3.8, 4) is 5.75 Å². The van der Waals surface area contributed by atoms with Gasteiger partial charge in [-0.25, -0.2) is 0 Å². The summed E-state index contributed by atoms with van der Waals surface area (Å²) in [7, 11) is 2.20. The average molecular weight is 290 g/mol. The molecule has 1 N–H and O–H groups in total. The second-order valence-corrected chi connectivity index (χ2v) is 6.42. The largest absolute Gasteiger partial charge is 0.493 e. The fraction of sp³-hybridized carbons (Fsp3) is 0.667. The number of hydrogen-bond donors (Lipinski definition) is 1. The molecule has 2 rings (SSSR count). The number of hydrogen-bond acceptors (Lipinski definition) is 3. The number of benzene rings is 1. The SMILES string of the molecule is Cc1cccc2c1OCCCC2NCCCN(C)C(C)C. The maximum Gasteiger partial charge on any atom is 0.126 e. The van der Waals surface area contributed by atoms with Gasteiger partial charge in [-0.3, -0.25) is 0 Å². The van der Waals surface area contributed by atoms with Crippen molar-refractivity contribution in [2.24, 2.45) is 0 Å². The van der Waals surface area contributed by atoms with Crippen LogP contribution in [0.5, 0.6) is 5.75 Å². The molecular formula is C18H30N2O. The van der Waals surface area contributed by atoms with E-state index in [9.17, 15) is 0 Å². The summed E-state index contributed by atoms with van der Waals surface area (Å²) in [5.74, 6) is 1.10. The van der Waals surface area contributed by atoms with Gasteiger partial charge in [-0.1, -0.05) is 18.2 Å². The Morgan fingerprint density at radius 2 is 2.19 bits per heavy atom. The molecule has 0 spiro atoms. The van der Waals surface area contributed by atoms with Crippen LogP contribution in [0.1, 0.15) is 50.3 Å². The summed E-state index contributed by atoms with van der Waals surface area (Å²) >= 11 is 0. The zero-order valence-electron chi connectivity index (χ0n) is 14.0. The quantitative estimate of drug-likeness (QED) is 0.811. The Hall–Kier alpha value is -1.06. The topological polar surface area (TPSA) is 24.5 Å². The van der Waals surface area contributed by atoms with Gasteiger partial charge in [0.15, 0.2) is 0 Å². The smallest absolute Gasteiger partial charge is 0.126 e. The number of ether oxygens (including phenoxy) is 1. The molecule has 0 aliphatic carbocycles. The minimum Gasteiger partial charge on any atom is -0.493 e. The number of fused-ring (bicyclic) bond motifs is 1. The highest BCUT2D eigenvalue weighted by Gasteiger charge is 2.20. The van der Waals surface area contributed by atoms with Crippen LogP contribution in [-0.2, 0) is 0 Å². The van der Waals surface area contributed by atoms with Gasteiger partial charge in [0.1, 0.15) is 5.75 Å². The predicted molar refractivity (Wildman–Crippen MR) is 89.0 cm³/mol. The third-order valence-corrected chi connectivity index (χ3v) is 4.46. The lowest BCUT2D eigenvalue weighted by Crippen LogP contribution is -2.30. The first kappa shape index (κ1) is 16.3. The fourth-order valence-corrected chi connectivity index (χ4v) is 2.84. The normalized spacial score (nSPS) is 18.5. The van der Waals surface area contributed by atoms with Crippen molar-refractivity contribution < 1.29 is 4.74 Å². The predicted octanol–water partition coefficient (Wildman–Crippen LogP) is 3.53. The van der Waals surface area contributed by atoms with Gasteiger partial charge in [0, 0.05) is 17.6 Å². The van der Waals surface area contributed by atoms with Crippen LogP contribution in [0.4, 0.5) is 0 Å². The first-order valence-electron chi connectivity index (χ1n) is 8.25. The van der Waals surface area contributed by atoms with E-state index in [1.807, 2.05) is 0 Å². The Balaban J connectivity index is 1.90. The summed E-state index contributed by atoms with van der Waals surface area (Å²) in [4.78, 5) is 2.40. The van der Waals surface area contributed by atoms with Crippen LogP contribution in [0.3, 0.4) is 0 Å². The molecule has 0 radical (unpaired) electrons. The second-order valence-electron chi connectivity index (χ2n) is 6.42. The molecule has 0 bridgehead atoms. The molecule has 0 aromatic heterocycles. The van der Waals surface area contributed by atoms with E-state index in [4.69, 9.17) is 4.74 Å². The van der Waals surface area contributed by atoms with Gasteiger partial charge in [0.2, 0.25) is 0 Å². The van der Waals surface area contributed by atoms with Crippen LogP contribution in [0, 0.1) is 6.92 Å². The van der Waals surface area contributed by atoms with Crippen LogP contribution in [-0.4, -0.2) is 37.7 Å². The maximum absolute atomic E-state index is 5.94. The van der Waals surface area contributed by atoms with Gasteiger partial charge in [-0.05, 0) is 65.7 Å². The number of rotatable bonds is 6. The van der Waals surface area contributed by atoms with Gasteiger partial charge >= 0.3 is 0 Å².